The van der Waals surface area contributed by atoms with Gasteiger partial charge >= 0.3 is 0 Å². The molecule has 0 spiro atoms. The van der Waals surface area contributed by atoms with Crippen LogP contribution in [-0.4, -0.2) is 12.4 Å². The average molecular weight is 274 g/mol. The Morgan fingerprint density at radius 1 is 1.30 bits per heavy atom. The van der Waals surface area contributed by atoms with Crippen molar-refractivity contribution < 1.29 is 0 Å². The van der Waals surface area contributed by atoms with Crippen molar-refractivity contribution in [1.29, 1.82) is 0 Å². The van der Waals surface area contributed by atoms with E-state index in [4.69, 9.17) is 5.73 Å². The summed E-state index contributed by atoms with van der Waals surface area (Å²) in [6, 6.07) is 0. The minimum Gasteiger partial charge on any atom is -0.384 e. The molecule has 0 amide bonds. The molecule has 2 heteroatoms. The number of aliphatic imine (C=N–C) groups is 1. The van der Waals surface area contributed by atoms with Gasteiger partial charge in [0.2, 0.25) is 0 Å². The van der Waals surface area contributed by atoms with E-state index in [1.807, 2.05) is 44.2 Å². The molecule has 112 valence electrons. The van der Waals surface area contributed by atoms with Crippen molar-refractivity contribution in [2.45, 2.75) is 47.5 Å². The lowest BCUT2D eigenvalue weighted by molar-refractivity contribution is 0.345. The highest BCUT2D eigenvalue weighted by Crippen LogP contribution is 2.22. The minimum atomic E-state index is 0.201. The van der Waals surface area contributed by atoms with E-state index in [1.165, 1.54) is 6.42 Å². The van der Waals surface area contributed by atoms with Crippen molar-refractivity contribution in [2.24, 2.45) is 16.1 Å². The molecule has 2 N–H and O–H groups in total. The van der Waals surface area contributed by atoms with Crippen molar-refractivity contribution in [3.8, 4) is 0 Å². The zero-order valence-electron chi connectivity index (χ0n) is 13.7. The fraction of sp³-hybridized carbons (Fsp3) is 0.500. The second-order valence-electron chi connectivity index (χ2n) is 5.71. The van der Waals surface area contributed by atoms with Gasteiger partial charge in [0.1, 0.15) is 5.84 Å². The van der Waals surface area contributed by atoms with Crippen LogP contribution in [0.5, 0.6) is 0 Å². The molecular weight excluding hydrogens is 244 g/mol. The maximum atomic E-state index is 6.11. The molecule has 0 aromatic carbocycles. The molecule has 0 atom stereocenters. The smallest absolute Gasteiger partial charge is 0.125 e. The molecule has 0 heterocycles. The second-order valence-corrected chi connectivity index (χ2v) is 5.71. The maximum absolute atomic E-state index is 6.11. The summed E-state index contributed by atoms with van der Waals surface area (Å²) in [5.41, 5.74) is 8.29. The van der Waals surface area contributed by atoms with Gasteiger partial charge in [0.05, 0.1) is 0 Å². The maximum Gasteiger partial charge on any atom is 0.125 e. The number of nitrogens with zero attached hydrogens (tertiary/aromatic N) is 1. The monoisotopic (exact) mass is 274 g/mol. The van der Waals surface area contributed by atoms with Gasteiger partial charge in [-0.3, -0.25) is 4.99 Å². The van der Waals surface area contributed by atoms with E-state index in [0.29, 0.717) is 5.84 Å². The summed E-state index contributed by atoms with van der Waals surface area (Å²) in [5, 5.41) is 0. The van der Waals surface area contributed by atoms with Crippen LogP contribution in [0.3, 0.4) is 0 Å². The van der Waals surface area contributed by atoms with Crippen LogP contribution in [0.2, 0.25) is 0 Å². The Morgan fingerprint density at radius 2 is 1.95 bits per heavy atom. The Labute approximate surface area is 124 Å². The zero-order valence-corrected chi connectivity index (χ0v) is 13.7. The predicted molar refractivity (Wildman–Crippen MR) is 92.0 cm³/mol. The first-order chi connectivity index (χ1) is 9.40. The molecule has 0 fully saturated rings. The van der Waals surface area contributed by atoms with Gasteiger partial charge in [-0.15, -0.1) is 0 Å². The van der Waals surface area contributed by atoms with Gasteiger partial charge in [0, 0.05) is 12.1 Å². The van der Waals surface area contributed by atoms with Crippen LogP contribution in [-0.2, 0) is 0 Å². The van der Waals surface area contributed by atoms with Crippen molar-refractivity contribution in [1.82, 2.24) is 0 Å². The summed E-state index contributed by atoms with van der Waals surface area (Å²) < 4.78 is 0. The third-order valence-corrected chi connectivity index (χ3v) is 3.13. The fourth-order valence-electron chi connectivity index (χ4n) is 2.00. The molecule has 0 aromatic rings. The van der Waals surface area contributed by atoms with Crippen molar-refractivity contribution in [3.05, 3.63) is 48.1 Å². The lowest BCUT2D eigenvalue weighted by atomic mass is 9.88. The number of rotatable bonds is 8. The Hall–Kier alpha value is -1.57. The third-order valence-electron chi connectivity index (χ3n) is 3.13. The van der Waals surface area contributed by atoms with Crippen LogP contribution in [0.1, 0.15) is 47.5 Å². The summed E-state index contributed by atoms with van der Waals surface area (Å²) >= 11 is 0. The lowest BCUT2D eigenvalue weighted by Crippen LogP contribution is -2.20. The third kappa shape index (κ3) is 7.13. The second kappa shape index (κ2) is 9.35. The molecule has 0 aliphatic carbocycles. The van der Waals surface area contributed by atoms with Crippen molar-refractivity contribution in [2.75, 3.05) is 6.54 Å². The molecule has 2 nitrogen and oxygen atoms in total. The topological polar surface area (TPSA) is 38.4 Å². The van der Waals surface area contributed by atoms with Crippen LogP contribution in [0.25, 0.3) is 0 Å². The van der Waals surface area contributed by atoms with Gasteiger partial charge in [0.15, 0.2) is 0 Å². The normalized spacial score (nSPS) is 14.9. The number of hydrogen-bond acceptors (Lipinski definition) is 1. The van der Waals surface area contributed by atoms with Gasteiger partial charge in [-0.1, -0.05) is 58.1 Å². The molecular formula is C18H30N2. The Kier molecular flexibility index (Phi) is 8.62. The molecule has 20 heavy (non-hydrogen) atoms. The molecule has 0 radical (unpaired) electrons. The lowest BCUT2D eigenvalue weighted by Gasteiger charge is -2.21. The molecule has 0 aliphatic rings. The first kappa shape index (κ1) is 18.4. The van der Waals surface area contributed by atoms with Gasteiger partial charge in [-0.25, -0.2) is 0 Å². The number of hydrogen-bond donors (Lipinski definition) is 1. The molecule has 0 unspecified atom stereocenters. The predicted octanol–water partition coefficient (Wildman–Crippen LogP) is 4.80. The Balaban J connectivity index is 5.05. The first-order valence-electron chi connectivity index (χ1n) is 7.33. The van der Waals surface area contributed by atoms with Gasteiger partial charge < -0.3 is 5.73 Å². The van der Waals surface area contributed by atoms with Crippen LogP contribution < -0.4 is 5.73 Å². The van der Waals surface area contributed by atoms with Crippen molar-refractivity contribution in [3.63, 3.8) is 0 Å². The van der Waals surface area contributed by atoms with Gasteiger partial charge in [-0.05, 0) is 37.3 Å². The van der Waals surface area contributed by atoms with Crippen molar-refractivity contribution >= 4 is 5.84 Å². The summed E-state index contributed by atoms with van der Waals surface area (Å²) in [4.78, 5) is 4.56. The first-order valence-corrected chi connectivity index (χ1v) is 7.33. The number of nitrogens with two attached hydrogens (primary N) is 1. The molecule has 0 saturated heterocycles. The summed E-state index contributed by atoms with van der Waals surface area (Å²) in [7, 11) is 0. The van der Waals surface area contributed by atoms with E-state index in [-0.39, 0.29) is 5.41 Å². The van der Waals surface area contributed by atoms with E-state index >= 15 is 0 Å². The van der Waals surface area contributed by atoms with Crippen LogP contribution in [0.15, 0.2) is 53.1 Å². The standard InChI is InChI=1S/C18H30N2/c1-7-11-15(9-3)13-16(10-4)17(19)20-14-18(5,6)12-8-2/h7,9-11,13H,3,8,12,14H2,1-2,4-6H3,(H2,19,20)/b11-7+,15-13-,16-10+. The van der Waals surface area contributed by atoms with Crippen LogP contribution in [0, 0.1) is 5.41 Å². The minimum absolute atomic E-state index is 0.201. The van der Waals surface area contributed by atoms with E-state index in [0.717, 1.165) is 24.1 Å². The fourth-order valence-corrected chi connectivity index (χ4v) is 2.00. The molecule has 0 aliphatic heterocycles. The summed E-state index contributed by atoms with van der Waals surface area (Å²) in [6.45, 7) is 15.2. The number of allylic oxidation sites excluding steroid dienone is 5. The Morgan fingerprint density at radius 3 is 2.40 bits per heavy atom. The van der Waals surface area contributed by atoms with Crippen LogP contribution >= 0.6 is 0 Å². The van der Waals surface area contributed by atoms with E-state index in [1.54, 1.807) is 0 Å². The van der Waals surface area contributed by atoms with E-state index in [2.05, 4.69) is 32.3 Å². The van der Waals surface area contributed by atoms with E-state index in [9.17, 15) is 0 Å². The summed E-state index contributed by atoms with van der Waals surface area (Å²) in [5.74, 6) is 0.598. The van der Waals surface area contributed by atoms with Gasteiger partial charge in [0.25, 0.3) is 0 Å². The largest absolute Gasteiger partial charge is 0.384 e. The number of amidine groups is 1. The highest BCUT2D eigenvalue weighted by atomic mass is 14.9. The zero-order chi connectivity index (χ0) is 15.6. The highest BCUT2D eigenvalue weighted by Gasteiger charge is 2.16. The average Bonchev–Trinajstić information content (AvgIpc) is 2.40. The molecule has 0 saturated carbocycles. The van der Waals surface area contributed by atoms with Gasteiger partial charge in [-0.2, -0.15) is 0 Å². The molecule has 0 rings (SSSR count). The van der Waals surface area contributed by atoms with Crippen LogP contribution in [0.4, 0.5) is 0 Å². The molecule has 0 bridgehead atoms. The SMILES string of the molecule is C=CC(=C/C(=C\C)C(/N)=N/CC(C)(C)CCC)/C=C/C. The van der Waals surface area contributed by atoms with E-state index < -0.39 is 0 Å². The Bertz CT molecular complexity index is 421. The summed E-state index contributed by atoms with van der Waals surface area (Å²) in [6.07, 6.45) is 12.1. The highest BCUT2D eigenvalue weighted by molar-refractivity contribution is 5.99. The molecule has 0 aromatic heterocycles. The quantitative estimate of drug-likeness (QED) is 0.385.